The van der Waals surface area contributed by atoms with Crippen LogP contribution in [0.3, 0.4) is 0 Å². The van der Waals surface area contributed by atoms with Gasteiger partial charge in [0.1, 0.15) is 11.2 Å². The van der Waals surface area contributed by atoms with E-state index in [-0.39, 0.29) is 30.2 Å². The Kier molecular flexibility index (Phi) is 6.55. The molecule has 1 N–H and O–H groups in total. The van der Waals surface area contributed by atoms with Crippen LogP contribution in [0.4, 0.5) is 5.13 Å². The van der Waals surface area contributed by atoms with Crippen LogP contribution in [0.5, 0.6) is 0 Å². The number of aryl methyl sites for hydroxylation is 1. The minimum Gasteiger partial charge on any atom is -0.350 e. The van der Waals surface area contributed by atoms with E-state index in [0.717, 1.165) is 46.8 Å². The second kappa shape index (κ2) is 9.52. The minimum atomic E-state index is -0.552. The zero-order valence-corrected chi connectivity index (χ0v) is 19.0. The number of thiazole rings is 1. The van der Waals surface area contributed by atoms with Crippen molar-refractivity contribution in [1.82, 2.24) is 19.4 Å². The van der Waals surface area contributed by atoms with Gasteiger partial charge in [-0.05, 0) is 31.7 Å². The van der Waals surface area contributed by atoms with Crippen LogP contribution in [-0.4, -0.2) is 33.1 Å². The van der Waals surface area contributed by atoms with Crippen LogP contribution in [0.15, 0.2) is 46.5 Å². The van der Waals surface area contributed by atoms with Crippen molar-refractivity contribution >= 4 is 32.7 Å². The lowest BCUT2D eigenvalue weighted by Gasteiger charge is -2.25. The molecule has 4 rings (SSSR count). The van der Waals surface area contributed by atoms with Gasteiger partial charge in [-0.25, -0.2) is 9.78 Å². The van der Waals surface area contributed by atoms with E-state index in [1.807, 2.05) is 31.2 Å². The average Bonchev–Trinajstić information content (AvgIpc) is 3.25. The van der Waals surface area contributed by atoms with Crippen molar-refractivity contribution in [2.24, 2.45) is 0 Å². The van der Waals surface area contributed by atoms with E-state index in [2.05, 4.69) is 21.8 Å². The molecular formula is C23H27N5O3S. The molecule has 32 heavy (non-hydrogen) atoms. The summed E-state index contributed by atoms with van der Waals surface area (Å²) in [6, 6.07) is 7.88. The number of rotatable bonds is 7. The van der Waals surface area contributed by atoms with Gasteiger partial charge in [-0.1, -0.05) is 47.2 Å². The number of hydrogen-bond acceptors (Lipinski definition) is 6. The van der Waals surface area contributed by atoms with Crippen molar-refractivity contribution in [1.29, 1.82) is 0 Å². The molecule has 1 fully saturated rings. The molecule has 1 aliphatic heterocycles. The molecule has 0 bridgehead atoms. The van der Waals surface area contributed by atoms with Gasteiger partial charge < -0.3 is 10.2 Å². The number of piperidine rings is 1. The third-order valence-electron chi connectivity index (χ3n) is 5.61. The van der Waals surface area contributed by atoms with Crippen LogP contribution >= 0.6 is 11.3 Å². The van der Waals surface area contributed by atoms with Crippen molar-refractivity contribution < 1.29 is 4.79 Å². The zero-order valence-electron chi connectivity index (χ0n) is 18.2. The van der Waals surface area contributed by atoms with E-state index in [1.54, 1.807) is 0 Å². The van der Waals surface area contributed by atoms with Crippen LogP contribution in [0.25, 0.3) is 10.3 Å². The number of allylic oxidation sites excluding steroid dienone is 1. The second-order valence-electron chi connectivity index (χ2n) is 8.03. The third-order valence-corrected chi connectivity index (χ3v) is 6.70. The van der Waals surface area contributed by atoms with Crippen molar-refractivity contribution in [2.45, 2.75) is 45.8 Å². The first-order chi connectivity index (χ1) is 15.5. The smallest absolute Gasteiger partial charge is 0.333 e. The summed E-state index contributed by atoms with van der Waals surface area (Å²) in [6.45, 7) is 7.64. The van der Waals surface area contributed by atoms with Gasteiger partial charge in [0.25, 0.3) is 5.56 Å². The molecule has 168 valence electrons. The molecule has 3 aromatic rings. The molecule has 0 aliphatic carbocycles. The Balaban J connectivity index is 1.66. The summed E-state index contributed by atoms with van der Waals surface area (Å²) in [5, 5.41) is 3.58. The SMILES string of the molecule is C=CCn1c(=O)c2sc(N3CCCCC3)nc2n(CC(=O)NCc2ccc(C)cc2)c1=O. The Morgan fingerprint density at radius 1 is 1.16 bits per heavy atom. The lowest BCUT2D eigenvalue weighted by atomic mass is 10.1. The molecule has 0 saturated carbocycles. The van der Waals surface area contributed by atoms with Crippen molar-refractivity contribution in [3.8, 4) is 0 Å². The van der Waals surface area contributed by atoms with Gasteiger partial charge in [0.2, 0.25) is 5.91 Å². The molecule has 0 atom stereocenters. The number of carbonyl (C=O) groups is 1. The number of fused-ring (bicyclic) bond motifs is 1. The average molecular weight is 454 g/mol. The maximum absolute atomic E-state index is 13.1. The highest BCUT2D eigenvalue weighted by Gasteiger charge is 2.22. The van der Waals surface area contributed by atoms with Gasteiger partial charge >= 0.3 is 5.69 Å². The Morgan fingerprint density at radius 3 is 2.56 bits per heavy atom. The van der Waals surface area contributed by atoms with Gasteiger partial charge in [0.15, 0.2) is 10.8 Å². The normalized spacial score (nSPS) is 14.0. The maximum Gasteiger partial charge on any atom is 0.333 e. The number of carbonyl (C=O) groups excluding carboxylic acids is 1. The maximum atomic E-state index is 13.1. The fraction of sp³-hybridized carbons (Fsp3) is 0.391. The largest absolute Gasteiger partial charge is 0.350 e. The first kappa shape index (κ1) is 22.0. The summed E-state index contributed by atoms with van der Waals surface area (Å²) in [5.41, 5.74) is 1.45. The highest BCUT2D eigenvalue weighted by molar-refractivity contribution is 7.22. The standard InChI is InChI=1S/C23H27N5O3S/c1-3-11-27-21(30)19-20(25-22(32-19)26-12-5-4-6-13-26)28(23(27)31)15-18(29)24-14-17-9-7-16(2)8-10-17/h3,7-10H,1,4-6,11-15H2,2H3,(H,24,29). The number of benzene rings is 1. The third kappa shape index (κ3) is 4.52. The van der Waals surface area contributed by atoms with E-state index in [0.29, 0.717) is 11.2 Å². The van der Waals surface area contributed by atoms with Crippen LogP contribution in [0, 0.1) is 6.92 Å². The summed E-state index contributed by atoms with van der Waals surface area (Å²) in [7, 11) is 0. The number of anilines is 1. The highest BCUT2D eigenvalue weighted by atomic mass is 32.1. The van der Waals surface area contributed by atoms with Gasteiger partial charge in [0.05, 0.1) is 0 Å². The van der Waals surface area contributed by atoms with Gasteiger partial charge in [-0.3, -0.25) is 18.7 Å². The molecule has 3 heterocycles. The molecule has 0 radical (unpaired) electrons. The molecule has 0 unspecified atom stereocenters. The summed E-state index contributed by atoms with van der Waals surface area (Å²) >= 11 is 1.29. The van der Waals surface area contributed by atoms with E-state index < -0.39 is 5.69 Å². The topological polar surface area (TPSA) is 89.2 Å². The second-order valence-corrected chi connectivity index (χ2v) is 9.01. The van der Waals surface area contributed by atoms with E-state index in [9.17, 15) is 14.4 Å². The number of amides is 1. The Morgan fingerprint density at radius 2 is 1.88 bits per heavy atom. The molecule has 2 aromatic heterocycles. The van der Waals surface area contributed by atoms with E-state index in [1.165, 1.54) is 28.4 Å². The summed E-state index contributed by atoms with van der Waals surface area (Å²) in [4.78, 5) is 45.5. The molecule has 1 aliphatic rings. The number of hydrogen-bond donors (Lipinski definition) is 1. The van der Waals surface area contributed by atoms with E-state index >= 15 is 0 Å². The van der Waals surface area contributed by atoms with Crippen molar-refractivity contribution in [2.75, 3.05) is 18.0 Å². The van der Waals surface area contributed by atoms with Gasteiger partial charge in [0, 0.05) is 26.2 Å². The first-order valence-electron chi connectivity index (χ1n) is 10.8. The number of nitrogens with zero attached hydrogens (tertiary/aromatic N) is 4. The Labute approximate surface area is 189 Å². The molecule has 1 saturated heterocycles. The molecule has 1 aromatic carbocycles. The summed E-state index contributed by atoms with van der Waals surface area (Å²) in [6.07, 6.45) is 4.83. The van der Waals surface area contributed by atoms with Crippen LogP contribution in [0.2, 0.25) is 0 Å². The molecular weight excluding hydrogens is 426 g/mol. The number of aromatic nitrogens is 3. The molecule has 8 nitrogen and oxygen atoms in total. The molecule has 9 heteroatoms. The Hall–Kier alpha value is -3.20. The minimum absolute atomic E-state index is 0.0789. The Bertz CT molecular complexity index is 1250. The number of nitrogens with one attached hydrogen (secondary N) is 1. The van der Waals surface area contributed by atoms with Gasteiger partial charge in [-0.15, -0.1) is 6.58 Å². The van der Waals surface area contributed by atoms with Crippen LogP contribution < -0.4 is 21.5 Å². The monoisotopic (exact) mass is 453 g/mol. The fourth-order valence-electron chi connectivity index (χ4n) is 3.83. The predicted molar refractivity (Wildman–Crippen MR) is 127 cm³/mol. The zero-order chi connectivity index (χ0) is 22.7. The van der Waals surface area contributed by atoms with Crippen LogP contribution in [0.1, 0.15) is 30.4 Å². The van der Waals surface area contributed by atoms with Crippen molar-refractivity contribution in [3.05, 3.63) is 68.9 Å². The fourth-order valence-corrected chi connectivity index (χ4v) is 4.90. The van der Waals surface area contributed by atoms with Crippen molar-refractivity contribution in [3.63, 3.8) is 0 Å². The van der Waals surface area contributed by atoms with E-state index in [4.69, 9.17) is 0 Å². The van der Waals surface area contributed by atoms with Gasteiger partial charge in [-0.2, -0.15) is 0 Å². The quantitative estimate of drug-likeness (QED) is 0.555. The molecule has 1 amide bonds. The first-order valence-corrected chi connectivity index (χ1v) is 11.6. The highest BCUT2D eigenvalue weighted by Crippen LogP contribution is 2.28. The summed E-state index contributed by atoms with van der Waals surface area (Å²) < 4.78 is 2.80. The lowest BCUT2D eigenvalue weighted by Crippen LogP contribution is -2.42. The molecule has 0 spiro atoms. The summed E-state index contributed by atoms with van der Waals surface area (Å²) in [5.74, 6) is -0.315. The lowest BCUT2D eigenvalue weighted by molar-refractivity contribution is -0.121. The van der Waals surface area contributed by atoms with Crippen LogP contribution in [-0.2, 0) is 24.4 Å². The predicted octanol–water partition coefficient (Wildman–Crippen LogP) is 2.42.